The van der Waals surface area contributed by atoms with Crippen LogP contribution in [-0.4, -0.2) is 15.7 Å². The van der Waals surface area contributed by atoms with E-state index in [9.17, 15) is 18.0 Å². The molecule has 0 atom stereocenters. The Bertz CT molecular complexity index is 970. The van der Waals surface area contributed by atoms with Gasteiger partial charge in [-0.15, -0.1) is 0 Å². The number of furan rings is 1. The summed E-state index contributed by atoms with van der Waals surface area (Å²) in [5.41, 5.74) is 1.48. The highest BCUT2D eigenvalue weighted by Crippen LogP contribution is 2.32. The second kappa shape index (κ2) is 6.36. The minimum absolute atomic E-state index is 0.0000600. The molecule has 5 nitrogen and oxygen atoms in total. The number of hydrogen-bond acceptors (Lipinski definition) is 3. The molecule has 0 saturated heterocycles. The zero-order valence-corrected chi connectivity index (χ0v) is 14.3. The number of alkyl halides is 3. The number of hydrogen-bond donors (Lipinski definition) is 1. The Morgan fingerprint density at radius 2 is 1.92 bits per heavy atom. The van der Waals surface area contributed by atoms with Crippen molar-refractivity contribution < 1.29 is 22.4 Å². The molecule has 8 heteroatoms. The topological polar surface area (TPSA) is 60.1 Å². The maximum absolute atomic E-state index is 12.8. The number of aryl methyl sites for hydroxylation is 2. The monoisotopic (exact) mass is 363 g/mol. The smallest absolute Gasteiger partial charge is 0.416 e. The first-order chi connectivity index (χ1) is 12.2. The molecule has 0 unspecified atom stereocenters. The van der Waals surface area contributed by atoms with Crippen LogP contribution >= 0.6 is 0 Å². The molecular formula is C18H16F3N3O2. The van der Waals surface area contributed by atoms with E-state index in [-0.39, 0.29) is 17.1 Å². The van der Waals surface area contributed by atoms with Crippen LogP contribution in [0.3, 0.4) is 0 Å². The summed E-state index contributed by atoms with van der Waals surface area (Å²) >= 11 is 0. The summed E-state index contributed by atoms with van der Waals surface area (Å²) in [5, 5.41) is 6.93. The van der Waals surface area contributed by atoms with E-state index in [1.807, 2.05) is 6.92 Å². The zero-order chi connectivity index (χ0) is 19.1. The van der Waals surface area contributed by atoms with Crippen LogP contribution in [0.1, 0.15) is 27.5 Å². The quantitative estimate of drug-likeness (QED) is 0.742. The minimum atomic E-state index is -4.45. The number of rotatable bonds is 3. The van der Waals surface area contributed by atoms with Crippen molar-refractivity contribution in [3.05, 3.63) is 59.1 Å². The van der Waals surface area contributed by atoms with E-state index in [4.69, 9.17) is 4.42 Å². The Hall–Kier alpha value is -3.03. The lowest BCUT2D eigenvalue weighted by Crippen LogP contribution is -2.12. The van der Waals surface area contributed by atoms with E-state index in [0.717, 1.165) is 17.8 Å². The van der Waals surface area contributed by atoms with Crippen LogP contribution in [0.25, 0.3) is 11.3 Å². The van der Waals surface area contributed by atoms with Crippen LogP contribution in [0.15, 0.2) is 40.8 Å². The molecule has 0 aliphatic heterocycles. The van der Waals surface area contributed by atoms with Gasteiger partial charge in [-0.25, -0.2) is 0 Å². The largest absolute Gasteiger partial charge is 0.451 e. The maximum Gasteiger partial charge on any atom is 0.416 e. The van der Waals surface area contributed by atoms with Crippen molar-refractivity contribution in [3.8, 4) is 11.3 Å². The fourth-order valence-corrected chi connectivity index (χ4v) is 2.59. The predicted molar refractivity (Wildman–Crippen MR) is 89.8 cm³/mol. The van der Waals surface area contributed by atoms with Gasteiger partial charge < -0.3 is 9.73 Å². The average molecular weight is 363 g/mol. The van der Waals surface area contributed by atoms with Gasteiger partial charge in [-0.3, -0.25) is 9.48 Å². The van der Waals surface area contributed by atoms with Gasteiger partial charge in [-0.05, 0) is 38.1 Å². The highest BCUT2D eigenvalue weighted by molar-refractivity contribution is 6.03. The number of nitrogens with one attached hydrogen (secondary N) is 1. The highest BCUT2D eigenvalue weighted by Gasteiger charge is 2.30. The average Bonchev–Trinajstić information content (AvgIpc) is 3.16. The van der Waals surface area contributed by atoms with Crippen molar-refractivity contribution in [1.29, 1.82) is 0 Å². The number of carbonyl (C=O) groups excluding carboxylic acids is 1. The molecule has 1 aromatic carbocycles. The number of halogens is 3. The van der Waals surface area contributed by atoms with Crippen molar-refractivity contribution in [2.24, 2.45) is 7.05 Å². The Kier molecular flexibility index (Phi) is 4.35. The lowest BCUT2D eigenvalue weighted by Gasteiger charge is -2.07. The van der Waals surface area contributed by atoms with Crippen molar-refractivity contribution in [2.45, 2.75) is 20.0 Å². The standard InChI is InChI=1S/C18H16F3N3O2/c1-10-16(11(2)24(3)23-10)22-17(25)15-8-7-14(26-15)12-5-4-6-13(9-12)18(19,20)21/h4-9H,1-3H3,(H,22,25). The number of anilines is 1. The van der Waals surface area contributed by atoms with Gasteiger partial charge in [0, 0.05) is 12.6 Å². The first-order valence-corrected chi connectivity index (χ1v) is 7.76. The van der Waals surface area contributed by atoms with Gasteiger partial charge in [0.05, 0.1) is 22.6 Å². The van der Waals surface area contributed by atoms with E-state index >= 15 is 0 Å². The minimum Gasteiger partial charge on any atom is -0.451 e. The van der Waals surface area contributed by atoms with E-state index < -0.39 is 17.6 Å². The number of nitrogens with zero attached hydrogens (tertiary/aromatic N) is 2. The molecule has 0 saturated carbocycles. The predicted octanol–water partition coefficient (Wildman–Crippen LogP) is 4.57. The van der Waals surface area contributed by atoms with Gasteiger partial charge >= 0.3 is 6.18 Å². The molecule has 1 N–H and O–H groups in total. The van der Waals surface area contributed by atoms with Gasteiger partial charge in [-0.2, -0.15) is 18.3 Å². The molecular weight excluding hydrogens is 347 g/mol. The van der Waals surface area contributed by atoms with Crippen molar-refractivity contribution in [1.82, 2.24) is 9.78 Å². The van der Waals surface area contributed by atoms with Crippen LogP contribution < -0.4 is 5.32 Å². The lowest BCUT2D eigenvalue weighted by molar-refractivity contribution is -0.137. The van der Waals surface area contributed by atoms with Crippen molar-refractivity contribution >= 4 is 11.6 Å². The number of carbonyl (C=O) groups is 1. The number of amides is 1. The first kappa shape index (κ1) is 17.8. The van der Waals surface area contributed by atoms with Crippen LogP contribution in [0.4, 0.5) is 18.9 Å². The molecule has 0 spiro atoms. The molecule has 136 valence electrons. The summed E-state index contributed by atoms with van der Waals surface area (Å²) < 4.78 is 45.6. The number of aromatic nitrogens is 2. The first-order valence-electron chi connectivity index (χ1n) is 7.76. The third kappa shape index (κ3) is 3.35. The van der Waals surface area contributed by atoms with Gasteiger partial charge in [0.15, 0.2) is 5.76 Å². The number of benzene rings is 1. The summed E-state index contributed by atoms with van der Waals surface area (Å²) in [4.78, 5) is 12.4. The summed E-state index contributed by atoms with van der Waals surface area (Å²) in [5.74, 6) is -0.316. The molecule has 3 rings (SSSR count). The van der Waals surface area contributed by atoms with E-state index in [2.05, 4.69) is 10.4 Å². The maximum atomic E-state index is 12.8. The Balaban J connectivity index is 1.85. The molecule has 0 fully saturated rings. The van der Waals surface area contributed by atoms with Crippen LogP contribution in [0.5, 0.6) is 0 Å². The third-order valence-corrected chi connectivity index (χ3v) is 4.05. The lowest BCUT2D eigenvalue weighted by atomic mass is 10.1. The fourth-order valence-electron chi connectivity index (χ4n) is 2.59. The van der Waals surface area contributed by atoms with Crippen LogP contribution in [0.2, 0.25) is 0 Å². The SMILES string of the molecule is Cc1nn(C)c(C)c1NC(=O)c1ccc(-c2cccc(C(F)(F)F)c2)o1. The summed E-state index contributed by atoms with van der Waals surface area (Å²) in [7, 11) is 1.76. The molecule has 26 heavy (non-hydrogen) atoms. The van der Waals surface area contributed by atoms with Crippen molar-refractivity contribution in [3.63, 3.8) is 0 Å². The van der Waals surface area contributed by atoms with Crippen molar-refractivity contribution in [2.75, 3.05) is 5.32 Å². The van der Waals surface area contributed by atoms with E-state index in [0.29, 0.717) is 11.4 Å². The Labute approximate surface area is 147 Å². The van der Waals surface area contributed by atoms with E-state index in [1.165, 1.54) is 24.3 Å². The molecule has 2 heterocycles. The zero-order valence-electron chi connectivity index (χ0n) is 14.3. The Morgan fingerprint density at radius 3 is 2.54 bits per heavy atom. The molecule has 0 bridgehead atoms. The van der Waals surface area contributed by atoms with Crippen LogP contribution in [-0.2, 0) is 13.2 Å². The van der Waals surface area contributed by atoms with E-state index in [1.54, 1.807) is 18.7 Å². The summed E-state index contributed by atoms with van der Waals surface area (Å²) in [6, 6.07) is 7.64. The van der Waals surface area contributed by atoms with Gasteiger partial charge in [0.2, 0.25) is 0 Å². The summed E-state index contributed by atoms with van der Waals surface area (Å²) in [6.07, 6.45) is -4.45. The Morgan fingerprint density at radius 1 is 1.19 bits per heavy atom. The summed E-state index contributed by atoms with van der Waals surface area (Å²) in [6.45, 7) is 3.57. The normalized spacial score (nSPS) is 11.6. The fraction of sp³-hybridized carbons (Fsp3) is 0.222. The molecule has 0 radical (unpaired) electrons. The molecule has 2 aromatic heterocycles. The highest BCUT2D eigenvalue weighted by atomic mass is 19.4. The molecule has 1 amide bonds. The second-order valence-electron chi connectivity index (χ2n) is 5.87. The van der Waals surface area contributed by atoms with Gasteiger partial charge in [0.25, 0.3) is 5.91 Å². The second-order valence-corrected chi connectivity index (χ2v) is 5.87. The molecule has 0 aliphatic carbocycles. The molecule has 0 aliphatic rings. The van der Waals surface area contributed by atoms with Gasteiger partial charge in [0.1, 0.15) is 5.76 Å². The third-order valence-electron chi connectivity index (χ3n) is 4.05. The van der Waals surface area contributed by atoms with Crippen LogP contribution in [0, 0.1) is 13.8 Å². The molecule has 3 aromatic rings. The van der Waals surface area contributed by atoms with Gasteiger partial charge in [-0.1, -0.05) is 12.1 Å².